The van der Waals surface area contributed by atoms with Crippen LogP contribution >= 0.6 is 0 Å². The molecule has 46 heavy (non-hydrogen) atoms. The minimum absolute atomic E-state index is 0.0432. The number of hydrogen-bond acceptors (Lipinski definition) is 10. The van der Waals surface area contributed by atoms with Crippen molar-refractivity contribution in [2.24, 2.45) is 0 Å². The fraction of sp³-hybridized carbons (Fsp3) is 0.613. The molecule has 0 unspecified atom stereocenters. The summed E-state index contributed by atoms with van der Waals surface area (Å²) < 4.78 is 66.2. The van der Waals surface area contributed by atoms with Crippen molar-refractivity contribution in [1.82, 2.24) is 25.1 Å². The summed E-state index contributed by atoms with van der Waals surface area (Å²) >= 11 is 0. The van der Waals surface area contributed by atoms with E-state index in [9.17, 15) is 28.2 Å². The Bertz CT molecular complexity index is 1460. The summed E-state index contributed by atoms with van der Waals surface area (Å²) in [4.78, 5) is 14.1. The number of rotatable bonds is 9. The van der Waals surface area contributed by atoms with Crippen molar-refractivity contribution in [2.75, 3.05) is 26.3 Å². The van der Waals surface area contributed by atoms with Gasteiger partial charge in [-0.15, -0.1) is 5.10 Å². The lowest BCUT2D eigenvalue weighted by Gasteiger charge is -2.44. The van der Waals surface area contributed by atoms with Gasteiger partial charge in [-0.1, -0.05) is 17.3 Å². The molecule has 5 atom stereocenters. The standard InChI is InChI=1S/C31H40F3N5O7/c1-5-10-43-29-24(14-19-13-23(46-36-19)17-6-8-38(9-7-17)30(42)45-31(2,3)4)44-25(16-40)28(41)27(29)39-15-22(35-37-39)18-11-20(32)26(34)21(33)12-18/h11-13,15,17,24-25,27-29,40-41H,5-10,14,16H2,1-4H3/t24-,25-,27+,28+,29+/m1/s1. The lowest BCUT2D eigenvalue weighted by Crippen LogP contribution is -2.57. The number of likely N-dealkylation sites (tertiary alicyclic amines) is 1. The SMILES string of the molecule is CCCO[C@@H]1[C@@H](n2cc(-c3cc(F)c(F)c(F)c3)nn2)[C@@H](O)[C@@H](CO)O[C@@H]1Cc1cc(C2CCN(C(=O)OC(C)(C)C)CC2)on1. The van der Waals surface area contributed by atoms with Crippen molar-refractivity contribution in [3.8, 4) is 11.3 Å². The Morgan fingerprint density at radius 2 is 1.80 bits per heavy atom. The lowest BCUT2D eigenvalue weighted by molar-refractivity contribution is -0.218. The molecule has 12 nitrogen and oxygen atoms in total. The molecule has 0 radical (unpaired) electrons. The van der Waals surface area contributed by atoms with Crippen molar-refractivity contribution in [1.29, 1.82) is 0 Å². The van der Waals surface area contributed by atoms with Crippen LogP contribution in [0.15, 0.2) is 28.9 Å². The van der Waals surface area contributed by atoms with Gasteiger partial charge in [-0.2, -0.15) is 0 Å². The summed E-state index contributed by atoms with van der Waals surface area (Å²) in [5.41, 5.74) is -0.00248. The molecule has 252 valence electrons. The maximum Gasteiger partial charge on any atom is 0.410 e. The molecule has 2 aliphatic heterocycles. The van der Waals surface area contributed by atoms with Gasteiger partial charge < -0.3 is 33.8 Å². The maximum absolute atomic E-state index is 13.9. The number of hydrogen-bond donors (Lipinski definition) is 2. The van der Waals surface area contributed by atoms with Crippen molar-refractivity contribution in [3.05, 3.63) is 53.3 Å². The number of aliphatic hydroxyl groups excluding tert-OH is 2. The van der Waals surface area contributed by atoms with E-state index < -0.39 is 60.1 Å². The Morgan fingerprint density at radius 3 is 2.43 bits per heavy atom. The highest BCUT2D eigenvalue weighted by atomic mass is 19.2. The summed E-state index contributed by atoms with van der Waals surface area (Å²) in [7, 11) is 0. The van der Waals surface area contributed by atoms with Crippen molar-refractivity contribution >= 4 is 6.09 Å². The molecule has 2 saturated heterocycles. The van der Waals surface area contributed by atoms with Gasteiger partial charge in [0, 0.05) is 43.7 Å². The minimum atomic E-state index is -1.60. The summed E-state index contributed by atoms with van der Waals surface area (Å²) in [6.07, 6.45) is -0.576. The lowest BCUT2D eigenvalue weighted by atomic mass is 9.89. The number of nitrogens with zero attached hydrogens (tertiary/aromatic N) is 5. The molecule has 2 aromatic heterocycles. The molecule has 0 aliphatic carbocycles. The number of piperidine rings is 1. The third-order valence-electron chi connectivity index (χ3n) is 8.11. The van der Waals surface area contributed by atoms with Crippen molar-refractivity contribution < 1.29 is 46.9 Å². The molecule has 0 bridgehead atoms. The van der Waals surface area contributed by atoms with Crippen LogP contribution in [-0.2, 0) is 20.6 Å². The van der Waals surface area contributed by atoms with Crippen LogP contribution in [-0.4, -0.2) is 97.7 Å². The highest BCUT2D eigenvalue weighted by Crippen LogP contribution is 2.36. The Hall–Kier alpha value is -3.53. The van der Waals surface area contributed by atoms with Crippen LogP contribution in [0.2, 0.25) is 0 Å². The quantitative estimate of drug-likeness (QED) is 0.324. The van der Waals surface area contributed by atoms with E-state index in [0.717, 1.165) is 12.1 Å². The van der Waals surface area contributed by atoms with E-state index in [-0.39, 0.29) is 29.7 Å². The average molecular weight is 652 g/mol. The van der Waals surface area contributed by atoms with E-state index in [1.807, 2.05) is 33.8 Å². The molecule has 0 saturated carbocycles. The predicted octanol–water partition coefficient (Wildman–Crippen LogP) is 4.16. The molecular formula is C31H40F3N5O7. The van der Waals surface area contributed by atoms with Gasteiger partial charge in [0.2, 0.25) is 0 Å². The van der Waals surface area contributed by atoms with E-state index >= 15 is 0 Å². The first-order valence-electron chi connectivity index (χ1n) is 15.4. The van der Waals surface area contributed by atoms with Gasteiger partial charge in [0.25, 0.3) is 0 Å². The molecule has 15 heteroatoms. The minimum Gasteiger partial charge on any atom is -0.444 e. The van der Waals surface area contributed by atoms with Gasteiger partial charge in [0.05, 0.1) is 24.6 Å². The Kier molecular flexibility index (Phi) is 10.3. The first-order valence-corrected chi connectivity index (χ1v) is 15.4. The molecule has 0 spiro atoms. The number of amides is 1. The van der Waals surface area contributed by atoms with Gasteiger partial charge in [-0.05, 0) is 52.2 Å². The second kappa shape index (κ2) is 14.1. The van der Waals surface area contributed by atoms with Crippen LogP contribution in [0.3, 0.4) is 0 Å². The highest BCUT2D eigenvalue weighted by molar-refractivity contribution is 5.68. The van der Waals surface area contributed by atoms with E-state index in [2.05, 4.69) is 15.5 Å². The zero-order valence-electron chi connectivity index (χ0n) is 26.2. The molecule has 1 amide bonds. The Labute approximate surface area is 264 Å². The third kappa shape index (κ3) is 7.54. The topological polar surface area (TPSA) is 145 Å². The molecule has 3 aromatic rings. The zero-order valence-corrected chi connectivity index (χ0v) is 26.2. The average Bonchev–Trinajstić information content (AvgIpc) is 3.69. The summed E-state index contributed by atoms with van der Waals surface area (Å²) in [6, 6.07) is 2.54. The van der Waals surface area contributed by atoms with Crippen LogP contribution in [0.1, 0.15) is 70.4 Å². The van der Waals surface area contributed by atoms with Gasteiger partial charge in [-0.25, -0.2) is 22.6 Å². The van der Waals surface area contributed by atoms with Crippen LogP contribution in [0.25, 0.3) is 11.3 Å². The molecule has 1 aromatic carbocycles. The zero-order chi connectivity index (χ0) is 33.2. The van der Waals surface area contributed by atoms with Crippen molar-refractivity contribution in [3.63, 3.8) is 0 Å². The largest absolute Gasteiger partial charge is 0.444 e. The van der Waals surface area contributed by atoms with E-state index in [4.69, 9.17) is 18.7 Å². The first-order chi connectivity index (χ1) is 21.9. The van der Waals surface area contributed by atoms with Crippen LogP contribution in [0.5, 0.6) is 0 Å². The molecule has 2 aliphatic rings. The number of carbonyl (C=O) groups is 1. The summed E-state index contributed by atoms with van der Waals surface area (Å²) in [5.74, 6) is -3.62. The first kappa shape index (κ1) is 33.8. The van der Waals surface area contributed by atoms with E-state index in [1.54, 1.807) is 4.90 Å². The second-order valence-electron chi connectivity index (χ2n) is 12.7. The molecule has 2 fully saturated rings. The van der Waals surface area contributed by atoms with E-state index in [0.29, 0.717) is 50.4 Å². The molecule has 2 N–H and O–H groups in total. The Balaban J connectivity index is 1.33. The van der Waals surface area contributed by atoms with Gasteiger partial charge in [-0.3, -0.25) is 0 Å². The van der Waals surface area contributed by atoms with Crippen molar-refractivity contribution in [2.45, 2.75) is 95.4 Å². The second-order valence-corrected chi connectivity index (χ2v) is 12.7. The number of halogens is 3. The number of aromatic nitrogens is 4. The van der Waals surface area contributed by atoms with Gasteiger partial charge in [0.15, 0.2) is 17.5 Å². The number of ether oxygens (including phenoxy) is 3. The predicted molar refractivity (Wildman–Crippen MR) is 156 cm³/mol. The number of carbonyl (C=O) groups excluding carboxylic acids is 1. The van der Waals surface area contributed by atoms with Crippen LogP contribution in [0.4, 0.5) is 18.0 Å². The van der Waals surface area contributed by atoms with E-state index in [1.165, 1.54) is 10.9 Å². The monoisotopic (exact) mass is 651 g/mol. The fourth-order valence-electron chi connectivity index (χ4n) is 5.85. The maximum atomic E-state index is 13.9. The number of benzene rings is 1. The molecule has 4 heterocycles. The smallest absolute Gasteiger partial charge is 0.410 e. The summed E-state index contributed by atoms with van der Waals surface area (Å²) in [5, 5.41) is 33.7. The normalized spacial score (nSPS) is 24.4. The highest BCUT2D eigenvalue weighted by Gasteiger charge is 2.47. The van der Waals surface area contributed by atoms with Crippen LogP contribution < -0.4 is 0 Å². The molecule has 5 rings (SSSR count). The van der Waals surface area contributed by atoms with Gasteiger partial charge >= 0.3 is 6.09 Å². The fourth-order valence-corrected chi connectivity index (χ4v) is 5.85. The van der Waals surface area contributed by atoms with Crippen LogP contribution in [0, 0.1) is 17.5 Å². The third-order valence-corrected chi connectivity index (χ3v) is 8.11. The Morgan fingerprint density at radius 1 is 1.11 bits per heavy atom. The van der Waals surface area contributed by atoms with Gasteiger partial charge in [0.1, 0.15) is 41.4 Å². The number of aliphatic hydroxyl groups is 2. The molecular weight excluding hydrogens is 611 g/mol. The summed E-state index contributed by atoms with van der Waals surface area (Å²) in [6.45, 7) is 8.24.